The van der Waals surface area contributed by atoms with Gasteiger partial charge in [-0.15, -0.1) is 0 Å². The van der Waals surface area contributed by atoms with Crippen LogP contribution in [-0.2, 0) is 5.41 Å². The molecule has 6 rings (SSSR count). The lowest BCUT2D eigenvalue weighted by Gasteiger charge is -2.39. The molecule has 5 aromatic carbocycles. The minimum atomic E-state index is -0.0964. The van der Waals surface area contributed by atoms with Crippen molar-refractivity contribution in [3.8, 4) is 33.4 Å². The van der Waals surface area contributed by atoms with E-state index in [-0.39, 0.29) is 11.0 Å². The second kappa shape index (κ2) is 9.52. The molecule has 1 heteroatoms. The Morgan fingerprint density at radius 2 is 1.18 bits per heavy atom. The van der Waals surface area contributed by atoms with Gasteiger partial charge < -0.3 is 4.90 Å². The van der Waals surface area contributed by atoms with Crippen molar-refractivity contribution >= 4 is 11.4 Å². The Bertz CT molecular complexity index is 1700. The lowest BCUT2D eigenvalue weighted by molar-refractivity contribution is 0.559. The van der Waals surface area contributed by atoms with Gasteiger partial charge in [0, 0.05) is 22.3 Å². The van der Waals surface area contributed by atoms with Crippen molar-refractivity contribution in [3.63, 3.8) is 0 Å². The molecule has 0 unspecified atom stereocenters. The van der Waals surface area contributed by atoms with Gasteiger partial charge in [0.1, 0.15) is 0 Å². The Kier molecular flexibility index (Phi) is 6.22. The SMILES string of the molecule is Cc1cc2c(cc1-c1ccc(N(c3cccc(-c4ccccc4)c3C)C(C)(C)C)cc1)C(C)(C)c1ccccc1-2. The monoisotopic (exact) mass is 521 g/mol. The van der Waals surface area contributed by atoms with Gasteiger partial charge in [-0.3, -0.25) is 0 Å². The topological polar surface area (TPSA) is 3.24 Å². The maximum atomic E-state index is 2.48. The van der Waals surface area contributed by atoms with Crippen molar-refractivity contribution in [2.75, 3.05) is 4.90 Å². The molecular weight excluding hydrogens is 482 g/mol. The van der Waals surface area contributed by atoms with Crippen molar-refractivity contribution in [3.05, 3.63) is 131 Å². The molecule has 200 valence electrons. The zero-order valence-electron chi connectivity index (χ0n) is 24.8. The van der Waals surface area contributed by atoms with Gasteiger partial charge in [0.15, 0.2) is 0 Å². The molecule has 0 radical (unpaired) electrons. The highest BCUT2D eigenvalue weighted by molar-refractivity contribution is 5.85. The standard InChI is InChI=1S/C39H39N/c1-26-24-34-32-16-11-12-18-35(32)39(6,7)36(34)25-33(26)29-20-22-30(23-21-29)40(38(3,4)5)37-19-13-17-31(27(37)2)28-14-9-8-10-15-28/h8-25H,1-7H3. The van der Waals surface area contributed by atoms with Gasteiger partial charge in [-0.1, -0.05) is 98.8 Å². The first-order valence-electron chi connectivity index (χ1n) is 14.4. The number of anilines is 2. The predicted octanol–water partition coefficient (Wildman–Crippen LogP) is 10.9. The first-order valence-corrected chi connectivity index (χ1v) is 14.4. The van der Waals surface area contributed by atoms with Gasteiger partial charge in [-0.25, -0.2) is 0 Å². The van der Waals surface area contributed by atoms with Crippen LogP contribution in [0.5, 0.6) is 0 Å². The smallest absolute Gasteiger partial charge is 0.0451 e. The molecule has 0 aliphatic heterocycles. The number of hydrogen-bond donors (Lipinski definition) is 0. The Hall–Kier alpha value is -4.10. The van der Waals surface area contributed by atoms with Crippen molar-refractivity contribution in [2.45, 2.75) is 59.4 Å². The van der Waals surface area contributed by atoms with Crippen LogP contribution >= 0.6 is 0 Å². The van der Waals surface area contributed by atoms with E-state index >= 15 is 0 Å². The fourth-order valence-corrected chi connectivity index (χ4v) is 6.64. The van der Waals surface area contributed by atoms with Crippen LogP contribution in [0, 0.1) is 13.8 Å². The van der Waals surface area contributed by atoms with E-state index in [1.165, 1.54) is 67.0 Å². The van der Waals surface area contributed by atoms with Gasteiger partial charge in [-0.05, 0) is 115 Å². The van der Waals surface area contributed by atoms with E-state index in [0.29, 0.717) is 0 Å². The average Bonchev–Trinajstić information content (AvgIpc) is 3.15. The maximum Gasteiger partial charge on any atom is 0.0451 e. The van der Waals surface area contributed by atoms with E-state index in [9.17, 15) is 0 Å². The summed E-state index contributed by atoms with van der Waals surface area (Å²) < 4.78 is 0. The molecule has 5 aromatic rings. The quantitative estimate of drug-likeness (QED) is 0.227. The molecule has 0 saturated heterocycles. The third kappa shape index (κ3) is 4.25. The molecule has 0 amide bonds. The fraction of sp³-hybridized carbons (Fsp3) is 0.231. The summed E-state index contributed by atoms with van der Waals surface area (Å²) in [6.07, 6.45) is 0. The fourth-order valence-electron chi connectivity index (χ4n) is 6.64. The maximum absolute atomic E-state index is 2.48. The van der Waals surface area contributed by atoms with Crippen LogP contribution in [-0.4, -0.2) is 5.54 Å². The number of aryl methyl sites for hydroxylation is 1. The van der Waals surface area contributed by atoms with E-state index in [1.807, 2.05) is 0 Å². The van der Waals surface area contributed by atoms with Crippen molar-refractivity contribution in [1.82, 2.24) is 0 Å². The molecule has 0 spiro atoms. The molecular formula is C39H39N. The van der Waals surface area contributed by atoms with Gasteiger partial charge >= 0.3 is 0 Å². The number of rotatable bonds is 4. The lowest BCUT2D eigenvalue weighted by atomic mass is 9.81. The number of fused-ring (bicyclic) bond motifs is 3. The molecule has 1 nitrogen and oxygen atoms in total. The van der Waals surface area contributed by atoms with Crippen molar-refractivity contribution in [1.29, 1.82) is 0 Å². The number of nitrogens with zero attached hydrogens (tertiary/aromatic N) is 1. The van der Waals surface area contributed by atoms with E-state index in [0.717, 1.165) is 0 Å². The molecule has 0 saturated carbocycles. The Morgan fingerprint density at radius 1 is 0.550 bits per heavy atom. The van der Waals surface area contributed by atoms with E-state index < -0.39 is 0 Å². The van der Waals surface area contributed by atoms with Crippen LogP contribution in [0.25, 0.3) is 33.4 Å². The molecule has 1 aliphatic carbocycles. The molecule has 40 heavy (non-hydrogen) atoms. The zero-order valence-corrected chi connectivity index (χ0v) is 24.8. The van der Waals surface area contributed by atoms with Crippen molar-refractivity contribution < 1.29 is 0 Å². The summed E-state index contributed by atoms with van der Waals surface area (Å²) in [7, 11) is 0. The second-order valence-electron chi connectivity index (χ2n) is 12.8. The molecule has 0 fully saturated rings. The van der Waals surface area contributed by atoms with Crippen LogP contribution in [0.3, 0.4) is 0 Å². The molecule has 0 bridgehead atoms. The number of hydrogen-bond acceptors (Lipinski definition) is 1. The van der Waals surface area contributed by atoms with Crippen molar-refractivity contribution in [2.24, 2.45) is 0 Å². The summed E-state index contributed by atoms with van der Waals surface area (Å²) in [5.41, 5.74) is 15.7. The summed E-state index contributed by atoms with van der Waals surface area (Å²) in [5, 5.41) is 0. The summed E-state index contributed by atoms with van der Waals surface area (Å²) in [5.74, 6) is 0. The summed E-state index contributed by atoms with van der Waals surface area (Å²) in [6, 6.07) is 40.3. The van der Waals surface area contributed by atoms with Crippen LogP contribution in [0.1, 0.15) is 56.9 Å². The zero-order chi connectivity index (χ0) is 28.2. The first-order chi connectivity index (χ1) is 19.1. The van der Waals surface area contributed by atoms with Crippen LogP contribution in [0.4, 0.5) is 11.4 Å². The van der Waals surface area contributed by atoms with Crippen LogP contribution in [0.2, 0.25) is 0 Å². The normalized spacial score (nSPS) is 13.6. The van der Waals surface area contributed by atoms with Crippen LogP contribution in [0.15, 0.2) is 109 Å². The van der Waals surface area contributed by atoms with Gasteiger partial charge in [0.05, 0.1) is 0 Å². The summed E-state index contributed by atoms with van der Waals surface area (Å²) >= 11 is 0. The Balaban J connectivity index is 1.41. The van der Waals surface area contributed by atoms with Gasteiger partial charge in [0.25, 0.3) is 0 Å². The summed E-state index contributed by atoms with van der Waals surface area (Å²) in [4.78, 5) is 2.48. The number of benzene rings is 5. The minimum absolute atomic E-state index is 0.00134. The molecule has 0 aromatic heterocycles. The van der Waals surface area contributed by atoms with Crippen LogP contribution < -0.4 is 4.90 Å². The van der Waals surface area contributed by atoms with Gasteiger partial charge in [0.2, 0.25) is 0 Å². The Labute approximate surface area is 240 Å². The highest BCUT2D eigenvalue weighted by Crippen LogP contribution is 2.50. The summed E-state index contributed by atoms with van der Waals surface area (Å²) in [6.45, 7) is 16.1. The van der Waals surface area contributed by atoms with Gasteiger partial charge in [-0.2, -0.15) is 0 Å². The predicted molar refractivity (Wildman–Crippen MR) is 173 cm³/mol. The first kappa shape index (κ1) is 26.1. The highest BCUT2D eigenvalue weighted by atomic mass is 15.2. The lowest BCUT2D eigenvalue weighted by Crippen LogP contribution is -2.38. The molecule has 0 atom stereocenters. The third-order valence-corrected chi connectivity index (χ3v) is 8.67. The van der Waals surface area contributed by atoms with E-state index in [1.54, 1.807) is 0 Å². The highest BCUT2D eigenvalue weighted by Gasteiger charge is 2.35. The third-order valence-electron chi connectivity index (χ3n) is 8.67. The molecule has 0 heterocycles. The molecule has 0 N–H and O–H groups in total. The second-order valence-corrected chi connectivity index (χ2v) is 12.8. The minimum Gasteiger partial charge on any atom is -0.336 e. The largest absolute Gasteiger partial charge is 0.336 e. The van der Waals surface area contributed by atoms with E-state index in [4.69, 9.17) is 0 Å². The average molecular weight is 522 g/mol. The molecule has 1 aliphatic rings. The Morgan fingerprint density at radius 3 is 1.88 bits per heavy atom. The van der Waals surface area contributed by atoms with E-state index in [2.05, 4.69) is 163 Å².